The maximum Gasteiger partial charge on any atom is 0.196 e. The lowest BCUT2D eigenvalue weighted by molar-refractivity contribution is 0.187. The van der Waals surface area contributed by atoms with Crippen LogP contribution in [-0.4, -0.2) is 22.3 Å². The number of hydrogen-bond acceptors (Lipinski definition) is 7. The normalized spacial score (nSPS) is 14.2. The van der Waals surface area contributed by atoms with Crippen LogP contribution in [0.2, 0.25) is 0 Å². The second-order valence-electron chi connectivity index (χ2n) is 8.44. The smallest absolute Gasteiger partial charge is 0.196 e. The summed E-state index contributed by atoms with van der Waals surface area (Å²) in [5.41, 5.74) is 7.15. The van der Waals surface area contributed by atoms with Gasteiger partial charge in [-0.3, -0.25) is 5.43 Å². The molecule has 1 atom stereocenters. The molecule has 2 aromatic heterocycles. The summed E-state index contributed by atoms with van der Waals surface area (Å²) >= 11 is 1.49. The fraction of sp³-hybridized carbons (Fsp3) is 0.138. The van der Waals surface area contributed by atoms with Gasteiger partial charge in [0, 0.05) is 12.7 Å². The Bertz CT molecular complexity index is 1580. The molecule has 0 bridgehead atoms. The third kappa shape index (κ3) is 4.87. The second-order valence-corrected chi connectivity index (χ2v) is 9.47. The summed E-state index contributed by atoms with van der Waals surface area (Å²) in [4.78, 5) is 4.66. The minimum Gasteiger partial charge on any atom is -0.489 e. The van der Waals surface area contributed by atoms with Gasteiger partial charge in [0.15, 0.2) is 16.5 Å². The van der Waals surface area contributed by atoms with Gasteiger partial charge < -0.3 is 18.6 Å². The van der Waals surface area contributed by atoms with Gasteiger partial charge >= 0.3 is 0 Å². The van der Waals surface area contributed by atoms with Crippen LogP contribution in [0.15, 0.2) is 88.6 Å². The molecule has 1 unspecified atom stereocenters. The largest absolute Gasteiger partial charge is 0.489 e. The lowest BCUT2D eigenvalue weighted by atomic mass is 10.1. The summed E-state index contributed by atoms with van der Waals surface area (Å²) in [5.74, 6) is 4.75. The second kappa shape index (κ2) is 9.97. The van der Waals surface area contributed by atoms with Crippen LogP contribution in [0.4, 0.5) is 0 Å². The first kappa shape index (κ1) is 23.1. The van der Waals surface area contributed by atoms with Crippen LogP contribution in [0.3, 0.4) is 0 Å². The number of furan rings is 1. The Morgan fingerprint density at radius 1 is 1.03 bits per heavy atom. The average molecular weight is 510 g/mol. The number of terminal acetylenes is 1. The number of nitrogens with zero attached hydrogens (tertiary/aromatic N) is 2. The molecule has 7 nitrogen and oxygen atoms in total. The molecule has 8 heteroatoms. The highest BCUT2D eigenvalue weighted by atomic mass is 32.2. The number of ether oxygens (including phenoxy) is 3. The van der Waals surface area contributed by atoms with Gasteiger partial charge in [0.1, 0.15) is 36.0 Å². The van der Waals surface area contributed by atoms with Crippen molar-refractivity contribution < 1.29 is 18.6 Å². The molecule has 37 heavy (non-hydrogen) atoms. The zero-order valence-electron chi connectivity index (χ0n) is 20.0. The molecule has 3 heterocycles. The van der Waals surface area contributed by atoms with Crippen molar-refractivity contribution in [3.8, 4) is 35.3 Å². The van der Waals surface area contributed by atoms with Crippen molar-refractivity contribution >= 4 is 22.7 Å². The van der Waals surface area contributed by atoms with E-state index in [1.54, 1.807) is 7.11 Å². The van der Waals surface area contributed by atoms with E-state index in [9.17, 15) is 0 Å². The van der Waals surface area contributed by atoms with Crippen molar-refractivity contribution in [2.24, 2.45) is 0 Å². The first-order chi connectivity index (χ1) is 18.2. The summed E-state index contributed by atoms with van der Waals surface area (Å²) < 4.78 is 25.5. The standard InChI is InChI=1S/C29H23N3O4S/c1-3-19-13-25(35-18-21-10-7-11-22(12-21)34-17-20-8-5-4-6-9-20)23-15-27(36-26(23)14-19)24-16-32-28(30-24)37-29(31-32)33-2/h1,4-16,29,31H,17-18H2,2H3. The van der Waals surface area contributed by atoms with Crippen LogP contribution in [0.5, 0.6) is 11.5 Å². The highest BCUT2D eigenvalue weighted by molar-refractivity contribution is 7.99. The maximum atomic E-state index is 6.23. The highest BCUT2D eigenvalue weighted by Crippen LogP contribution is 2.37. The monoisotopic (exact) mass is 509 g/mol. The third-order valence-corrected chi connectivity index (χ3v) is 6.92. The van der Waals surface area contributed by atoms with E-state index in [-0.39, 0.29) is 5.56 Å². The Kier molecular flexibility index (Phi) is 6.23. The van der Waals surface area contributed by atoms with Gasteiger partial charge in [0.2, 0.25) is 0 Å². The number of hydrogen-bond donors (Lipinski definition) is 1. The summed E-state index contributed by atoms with van der Waals surface area (Å²) in [7, 11) is 1.65. The molecule has 1 aliphatic rings. The number of methoxy groups -OCH3 is 1. The van der Waals surface area contributed by atoms with E-state index in [4.69, 9.17) is 25.1 Å². The lowest BCUT2D eigenvalue weighted by Crippen LogP contribution is -2.19. The van der Waals surface area contributed by atoms with Crippen molar-refractivity contribution in [2.75, 3.05) is 12.5 Å². The minimum absolute atomic E-state index is 0.160. The summed E-state index contributed by atoms with van der Waals surface area (Å²) in [6, 6.07) is 23.6. The quantitative estimate of drug-likeness (QED) is 0.257. The Labute approximate surface area is 218 Å². The molecular weight excluding hydrogens is 486 g/mol. The van der Waals surface area contributed by atoms with Crippen LogP contribution in [0, 0.1) is 12.3 Å². The molecule has 0 aliphatic carbocycles. The summed E-state index contributed by atoms with van der Waals surface area (Å²) in [5, 5.41) is 1.63. The van der Waals surface area contributed by atoms with Crippen LogP contribution in [0.25, 0.3) is 22.4 Å². The first-order valence-electron chi connectivity index (χ1n) is 11.7. The Morgan fingerprint density at radius 3 is 2.68 bits per heavy atom. The zero-order chi connectivity index (χ0) is 25.2. The topological polar surface area (TPSA) is 70.7 Å². The zero-order valence-corrected chi connectivity index (χ0v) is 20.8. The van der Waals surface area contributed by atoms with Gasteiger partial charge in [-0.05, 0) is 53.2 Å². The van der Waals surface area contributed by atoms with Crippen LogP contribution < -0.4 is 14.9 Å². The average Bonchev–Trinajstić information content (AvgIpc) is 3.64. The Balaban J connectivity index is 1.21. The highest BCUT2D eigenvalue weighted by Gasteiger charge is 2.25. The number of rotatable bonds is 8. The predicted octanol–water partition coefficient (Wildman–Crippen LogP) is 6.01. The maximum absolute atomic E-state index is 6.23. The van der Waals surface area contributed by atoms with Gasteiger partial charge in [-0.15, -0.1) is 6.42 Å². The minimum atomic E-state index is -0.160. The molecule has 0 saturated carbocycles. The molecule has 0 saturated heterocycles. The molecule has 0 fully saturated rings. The van der Waals surface area contributed by atoms with Crippen LogP contribution >= 0.6 is 11.8 Å². The molecule has 1 aliphatic heterocycles. The molecule has 5 aromatic rings. The molecule has 0 amide bonds. The number of fused-ring (bicyclic) bond motifs is 2. The predicted molar refractivity (Wildman–Crippen MR) is 143 cm³/mol. The van der Waals surface area contributed by atoms with Gasteiger partial charge in [-0.25, -0.2) is 9.66 Å². The Morgan fingerprint density at radius 2 is 1.86 bits per heavy atom. The molecule has 0 radical (unpaired) electrons. The Hall–Kier alpha value is -4.32. The number of thioether (sulfide) groups is 1. The SMILES string of the molecule is C#Cc1cc(OCc2cccc(OCc3ccccc3)c2)c2cc(-c3cn4c(n3)SC(OC)N4)oc2c1. The van der Waals surface area contributed by atoms with Gasteiger partial charge in [0.05, 0.1) is 11.6 Å². The third-order valence-electron chi connectivity index (χ3n) is 5.90. The molecule has 1 N–H and O–H groups in total. The van der Waals surface area contributed by atoms with Crippen molar-refractivity contribution in [1.82, 2.24) is 9.66 Å². The van der Waals surface area contributed by atoms with Gasteiger partial charge in [-0.2, -0.15) is 0 Å². The molecule has 6 rings (SSSR count). The lowest BCUT2D eigenvalue weighted by Gasteiger charge is -2.10. The number of imidazole rings is 1. The fourth-order valence-corrected chi connectivity index (χ4v) is 4.88. The van der Waals surface area contributed by atoms with Crippen molar-refractivity contribution in [3.05, 3.63) is 95.7 Å². The van der Waals surface area contributed by atoms with E-state index < -0.39 is 0 Å². The van der Waals surface area contributed by atoms with E-state index in [2.05, 4.69) is 16.3 Å². The van der Waals surface area contributed by atoms with Crippen molar-refractivity contribution in [2.45, 2.75) is 23.9 Å². The van der Waals surface area contributed by atoms with E-state index in [1.807, 2.05) is 83.7 Å². The summed E-state index contributed by atoms with van der Waals surface area (Å²) in [6.45, 7) is 0.856. The number of nitrogens with one attached hydrogen (secondary N) is 1. The summed E-state index contributed by atoms with van der Waals surface area (Å²) in [6.07, 6.45) is 7.59. The van der Waals surface area contributed by atoms with E-state index in [0.717, 1.165) is 27.4 Å². The van der Waals surface area contributed by atoms with Crippen LogP contribution in [-0.2, 0) is 18.0 Å². The van der Waals surface area contributed by atoms with E-state index in [1.165, 1.54) is 11.8 Å². The number of benzene rings is 3. The number of aromatic nitrogens is 2. The van der Waals surface area contributed by atoms with Crippen molar-refractivity contribution in [3.63, 3.8) is 0 Å². The van der Waals surface area contributed by atoms with Crippen molar-refractivity contribution in [1.29, 1.82) is 0 Å². The van der Waals surface area contributed by atoms with Crippen LogP contribution in [0.1, 0.15) is 16.7 Å². The first-order valence-corrected chi connectivity index (χ1v) is 12.5. The molecular formula is C29H23N3O4S. The van der Waals surface area contributed by atoms with Gasteiger partial charge in [0.25, 0.3) is 0 Å². The fourth-order valence-electron chi connectivity index (χ4n) is 4.06. The molecule has 0 spiro atoms. The van der Waals surface area contributed by atoms with E-state index >= 15 is 0 Å². The molecule has 184 valence electrons. The van der Waals surface area contributed by atoms with E-state index in [0.29, 0.717) is 41.6 Å². The molecule has 3 aromatic carbocycles. The van der Waals surface area contributed by atoms with Gasteiger partial charge in [-0.1, -0.05) is 48.4 Å².